The summed E-state index contributed by atoms with van der Waals surface area (Å²) < 4.78 is 27.6. The van der Waals surface area contributed by atoms with Gasteiger partial charge in [-0.2, -0.15) is 4.31 Å². The van der Waals surface area contributed by atoms with Crippen LogP contribution in [0.1, 0.15) is 19.2 Å². The van der Waals surface area contributed by atoms with Crippen LogP contribution >= 0.6 is 0 Å². The number of aromatic nitrogens is 2. The third-order valence-corrected chi connectivity index (χ3v) is 4.35. The molecule has 0 aliphatic carbocycles. The Morgan fingerprint density at radius 2 is 2.26 bits per heavy atom. The summed E-state index contributed by atoms with van der Waals surface area (Å²) in [5.41, 5.74) is 5.38. The summed E-state index contributed by atoms with van der Waals surface area (Å²) in [5, 5.41) is 11.3. The second kappa shape index (κ2) is 6.02. The van der Waals surface area contributed by atoms with Gasteiger partial charge in [-0.05, 0) is 13.3 Å². The summed E-state index contributed by atoms with van der Waals surface area (Å²) in [4.78, 5) is 4.01. The molecular formula is C10H19N5O3S. The van der Waals surface area contributed by atoms with Gasteiger partial charge in [0.15, 0.2) is 10.9 Å². The first-order chi connectivity index (χ1) is 8.82. The van der Waals surface area contributed by atoms with Gasteiger partial charge in [0.1, 0.15) is 5.82 Å². The van der Waals surface area contributed by atoms with Crippen molar-refractivity contribution in [3.63, 3.8) is 0 Å². The van der Waals surface area contributed by atoms with E-state index in [4.69, 9.17) is 10.9 Å². The second-order valence-electron chi connectivity index (χ2n) is 4.17. The number of nitrogens with two attached hydrogens (primary N) is 1. The Kier molecular flexibility index (Phi) is 4.90. The van der Waals surface area contributed by atoms with Crippen LogP contribution in [0, 0.1) is 6.92 Å². The summed E-state index contributed by atoms with van der Waals surface area (Å²) in [7, 11) is -2.02. The molecule has 1 rings (SSSR count). The molecule has 1 heterocycles. The predicted molar refractivity (Wildman–Crippen MR) is 70.4 cm³/mol. The fraction of sp³-hybridized carbons (Fsp3) is 0.600. The van der Waals surface area contributed by atoms with E-state index in [1.165, 1.54) is 6.20 Å². The van der Waals surface area contributed by atoms with Gasteiger partial charge < -0.3 is 15.5 Å². The number of aryl methyl sites for hydroxylation is 2. The molecule has 0 unspecified atom stereocenters. The summed E-state index contributed by atoms with van der Waals surface area (Å²) in [6.45, 7) is 3.67. The van der Waals surface area contributed by atoms with Crippen molar-refractivity contribution in [2.45, 2.75) is 25.3 Å². The number of hydrogen-bond acceptors (Lipinski definition) is 5. The molecule has 0 bridgehead atoms. The number of nitrogens with zero attached hydrogens (tertiary/aromatic N) is 4. The highest BCUT2D eigenvalue weighted by Gasteiger charge is 2.27. The highest BCUT2D eigenvalue weighted by molar-refractivity contribution is 7.89. The molecule has 0 fully saturated rings. The van der Waals surface area contributed by atoms with Gasteiger partial charge >= 0.3 is 0 Å². The molecule has 3 N–H and O–H groups in total. The first-order valence-corrected chi connectivity index (χ1v) is 7.23. The Balaban J connectivity index is 3.12. The number of amidine groups is 1. The molecule has 108 valence electrons. The summed E-state index contributed by atoms with van der Waals surface area (Å²) in [6.07, 6.45) is 2.06. The Bertz CT molecular complexity index is 544. The average Bonchev–Trinajstić information content (AvgIpc) is 2.69. The van der Waals surface area contributed by atoms with E-state index in [2.05, 4.69) is 10.1 Å². The largest absolute Gasteiger partial charge is 0.409 e. The van der Waals surface area contributed by atoms with Gasteiger partial charge in [0.05, 0.1) is 6.54 Å². The highest BCUT2D eigenvalue weighted by atomic mass is 32.2. The SMILES string of the molecule is CCCN(CC(N)=NO)S(=O)(=O)c1cn(C)c(C)n1. The van der Waals surface area contributed by atoms with Crippen LogP contribution < -0.4 is 5.73 Å². The molecule has 0 atom stereocenters. The molecule has 0 aromatic carbocycles. The third kappa shape index (κ3) is 3.44. The number of imidazole rings is 1. The standard InChI is InChI=1S/C10H19N5O3S/c1-4-5-15(6-9(11)13-16)19(17,18)10-7-14(3)8(2)12-10/h7,16H,4-6H2,1-3H3,(H2,11,13). The van der Waals surface area contributed by atoms with E-state index in [9.17, 15) is 8.42 Å². The topological polar surface area (TPSA) is 114 Å². The minimum Gasteiger partial charge on any atom is -0.409 e. The summed E-state index contributed by atoms with van der Waals surface area (Å²) >= 11 is 0. The van der Waals surface area contributed by atoms with E-state index in [-0.39, 0.29) is 24.0 Å². The second-order valence-corrected chi connectivity index (χ2v) is 6.05. The predicted octanol–water partition coefficient (Wildman–Crippen LogP) is -0.124. The normalized spacial score (nSPS) is 13.2. The summed E-state index contributed by atoms with van der Waals surface area (Å²) in [6, 6.07) is 0. The van der Waals surface area contributed by atoms with Crippen molar-refractivity contribution in [3.05, 3.63) is 12.0 Å². The first-order valence-electron chi connectivity index (χ1n) is 5.79. The van der Waals surface area contributed by atoms with Gasteiger partial charge in [0, 0.05) is 19.8 Å². The van der Waals surface area contributed by atoms with Gasteiger partial charge in [0.25, 0.3) is 10.0 Å². The maximum atomic E-state index is 12.4. The molecule has 0 aliphatic rings. The molecule has 0 saturated carbocycles. The number of hydrogen-bond donors (Lipinski definition) is 2. The van der Waals surface area contributed by atoms with Crippen LogP contribution in [0.2, 0.25) is 0 Å². The number of oxime groups is 1. The molecule has 19 heavy (non-hydrogen) atoms. The van der Waals surface area contributed by atoms with Crippen molar-refractivity contribution < 1.29 is 13.6 Å². The average molecular weight is 289 g/mol. The van der Waals surface area contributed by atoms with Gasteiger partial charge in [-0.3, -0.25) is 0 Å². The third-order valence-electron chi connectivity index (χ3n) is 2.63. The van der Waals surface area contributed by atoms with Crippen molar-refractivity contribution in [2.24, 2.45) is 17.9 Å². The Hall–Kier alpha value is -1.61. The summed E-state index contributed by atoms with van der Waals surface area (Å²) in [5.74, 6) is 0.434. The molecule has 0 spiro atoms. The molecule has 0 saturated heterocycles. The van der Waals surface area contributed by atoms with Crippen molar-refractivity contribution in [1.82, 2.24) is 13.9 Å². The van der Waals surface area contributed by atoms with E-state index in [1.54, 1.807) is 18.5 Å². The van der Waals surface area contributed by atoms with Gasteiger partial charge in [-0.15, -0.1) is 0 Å². The Morgan fingerprint density at radius 3 is 2.68 bits per heavy atom. The van der Waals surface area contributed by atoms with Crippen LogP contribution in [0.5, 0.6) is 0 Å². The van der Waals surface area contributed by atoms with E-state index in [1.807, 2.05) is 6.92 Å². The van der Waals surface area contributed by atoms with Gasteiger partial charge in [0.2, 0.25) is 0 Å². The van der Waals surface area contributed by atoms with Crippen LogP contribution in [0.3, 0.4) is 0 Å². The molecule has 9 heteroatoms. The van der Waals surface area contributed by atoms with Crippen LogP contribution in [0.4, 0.5) is 0 Å². The molecule has 8 nitrogen and oxygen atoms in total. The quantitative estimate of drug-likeness (QED) is 0.328. The molecule has 0 amide bonds. The fourth-order valence-corrected chi connectivity index (χ4v) is 3.06. The Morgan fingerprint density at radius 1 is 1.63 bits per heavy atom. The Labute approximate surface area is 112 Å². The lowest BCUT2D eigenvalue weighted by atomic mass is 10.4. The van der Waals surface area contributed by atoms with E-state index in [0.717, 1.165) is 4.31 Å². The lowest BCUT2D eigenvalue weighted by Gasteiger charge is -2.19. The van der Waals surface area contributed by atoms with Crippen LogP contribution in [-0.2, 0) is 17.1 Å². The highest BCUT2D eigenvalue weighted by Crippen LogP contribution is 2.14. The number of sulfonamides is 1. The maximum absolute atomic E-state index is 12.4. The van der Waals surface area contributed by atoms with E-state index < -0.39 is 10.0 Å². The molecule has 1 aromatic heterocycles. The zero-order valence-electron chi connectivity index (χ0n) is 11.2. The smallest absolute Gasteiger partial charge is 0.262 e. The first kappa shape index (κ1) is 15.4. The zero-order chi connectivity index (χ0) is 14.6. The molecule has 0 aliphatic heterocycles. The van der Waals surface area contributed by atoms with E-state index in [0.29, 0.717) is 12.2 Å². The van der Waals surface area contributed by atoms with Crippen LogP contribution in [0.25, 0.3) is 0 Å². The van der Waals surface area contributed by atoms with Crippen molar-refractivity contribution >= 4 is 15.9 Å². The lowest BCUT2D eigenvalue weighted by molar-refractivity contribution is 0.314. The van der Waals surface area contributed by atoms with Crippen molar-refractivity contribution in [2.75, 3.05) is 13.1 Å². The maximum Gasteiger partial charge on any atom is 0.262 e. The molecular weight excluding hydrogens is 270 g/mol. The monoisotopic (exact) mass is 289 g/mol. The van der Waals surface area contributed by atoms with Gasteiger partial charge in [-0.25, -0.2) is 13.4 Å². The zero-order valence-corrected chi connectivity index (χ0v) is 12.1. The van der Waals surface area contributed by atoms with Crippen LogP contribution in [0.15, 0.2) is 16.4 Å². The minimum atomic E-state index is -3.74. The van der Waals surface area contributed by atoms with Crippen LogP contribution in [-0.4, -0.2) is 46.4 Å². The lowest BCUT2D eigenvalue weighted by Crippen LogP contribution is -2.39. The molecule has 0 radical (unpaired) electrons. The van der Waals surface area contributed by atoms with E-state index >= 15 is 0 Å². The van der Waals surface area contributed by atoms with Crippen molar-refractivity contribution in [1.29, 1.82) is 0 Å². The van der Waals surface area contributed by atoms with Crippen molar-refractivity contribution in [3.8, 4) is 0 Å². The van der Waals surface area contributed by atoms with Gasteiger partial charge in [-0.1, -0.05) is 12.1 Å². The fourth-order valence-electron chi connectivity index (χ4n) is 1.53. The molecule has 1 aromatic rings. The minimum absolute atomic E-state index is 0.0355. The number of rotatable bonds is 6.